The van der Waals surface area contributed by atoms with Gasteiger partial charge in [-0.1, -0.05) is 51.1 Å². The predicted octanol–water partition coefficient (Wildman–Crippen LogP) is 2.10. The molecule has 1 heterocycles. The minimum Gasteiger partial charge on any atom is -0.456 e. The van der Waals surface area contributed by atoms with E-state index in [1.54, 1.807) is 78.8 Å². The largest absolute Gasteiger partial charge is 0.456 e. The molecule has 3 aliphatic carbocycles. The minimum absolute atomic E-state index is 0. The quantitative estimate of drug-likeness (QED) is 0.188. The van der Waals surface area contributed by atoms with Gasteiger partial charge in [0.15, 0.2) is 11.9 Å². The number of hydrogen-bond acceptors (Lipinski definition) is 11. The van der Waals surface area contributed by atoms with Gasteiger partial charge >= 0.3 is 12.1 Å². The number of ether oxygens (including phenoxy) is 3. The number of aliphatic hydroxyl groups excluding tert-OH is 3. The van der Waals surface area contributed by atoms with Gasteiger partial charge < -0.3 is 45.1 Å². The number of esters is 1. The van der Waals surface area contributed by atoms with Crippen LogP contribution in [-0.4, -0.2) is 97.3 Å². The summed E-state index contributed by atoms with van der Waals surface area (Å²) < 4.78 is 16.8. The van der Waals surface area contributed by atoms with Gasteiger partial charge in [-0.2, -0.15) is 0 Å². The Kier molecular flexibility index (Phi) is 10.9. The van der Waals surface area contributed by atoms with E-state index in [1.807, 2.05) is 0 Å². The Bertz CT molecular complexity index is 1460. The first kappa shape index (κ1) is 39.4. The van der Waals surface area contributed by atoms with E-state index in [0.717, 1.165) is 0 Å². The number of nitrogens with one attached hydrogen (secondary N) is 1. The van der Waals surface area contributed by atoms with Crippen LogP contribution in [0.15, 0.2) is 41.5 Å². The molecule has 1 saturated heterocycles. The van der Waals surface area contributed by atoms with Gasteiger partial charge in [0.2, 0.25) is 0 Å². The minimum atomic E-state index is -1.91. The Balaban J connectivity index is 0.00000520. The van der Waals surface area contributed by atoms with E-state index in [4.69, 9.17) is 14.2 Å². The zero-order chi connectivity index (χ0) is 35.1. The van der Waals surface area contributed by atoms with Crippen LogP contribution in [0.5, 0.6) is 0 Å². The van der Waals surface area contributed by atoms with Crippen molar-refractivity contribution in [2.45, 2.75) is 122 Å². The summed E-state index contributed by atoms with van der Waals surface area (Å²) in [6.45, 7) is 13.1. The third-order valence-corrected chi connectivity index (χ3v) is 11.5. The second-order valence-electron chi connectivity index (χ2n) is 15.6. The molecule has 1 aliphatic heterocycles. The third-order valence-electron chi connectivity index (χ3n) is 11.5. The number of hydrogen-bond donors (Lipinski definition) is 6. The van der Waals surface area contributed by atoms with Crippen molar-refractivity contribution in [3.8, 4) is 0 Å². The summed E-state index contributed by atoms with van der Waals surface area (Å²) in [6.07, 6.45) is -8.00. The van der Waals surface area contributed by atoms with Gasteiger partial charge in [-0.05, 0) is 57.2 Å². The Hall–Kier alpha value is -1.43. The molecule has 263 valence electrons. The molecule has 48 heavy (non-hydrogen) atoms. The fourth-order valence-corrected chi connectivity index (χ4v) is 8.90. The van der Waals surface area contributed by atoms with Crippen molar-refractivity contribution in [2.75, 3.05) is 6.61 Å². The number of fused-ring (bicyclic) bond motifs is 5. The number of amides is 1. The number of benzene rings is 1. The summed E-state index contributed by atoms with van der Waals surface area (Å²) in [7, 11) is 0. The fourth-order valence-electron chi connectivity index (χ4n) is 8.90. The molecular weight excluding hydrogens is 837 g/mol. The van der Waals surface area contributed by atoms with Crippen molar-refractivity contribution in [3.63, 3.8) is 0 Å². The van der Waals surface area contributed by atoms with Crippen LogP contribution in [0.3, 0.4) is 0 Å². The molecule has 5 rings (SSSR count). The van der Waals surface area contributed by atoms with E-state index < -0.39 is 93.9 Å². The molecule has 2 saturated carbocycles. The molecule has 9 unspecified atom stereocenters. The zero-order valence-electron chi connectivity index (χ0n) is 28.9. The number of carbonyl (C=O) groups is 3. The standard InChI is InChI=1S/C35H49NO11.Ac/c1-17-20(46-29(41)26(39)24(19-12-10-9-11-13-19)36-30(42)47-31(3,4)5)15-35(44)18(2)27-33(8,21(37)14-22-34(27,43)16-45-22)28(40)25(38)23(17)32(35,6)7;/h9-13,18,20-22,24-27,37-39,43-44H,14-16H2,1-8H3,(H,36,42);/t18-,20?,21?,22?,24?,25?,26?,27?,33+,34?,35?;/m0./s1. The van der Waals surface area contributed by atoms with Crippen molar-refractivity contribution >= 4 is 17.8 Å². The van der Waals surface area contributed by atoms with Gasteiger partial charge in [-0.25, -0.2) is 9.59 Å². The molecule has 1 amide bonds. The van der Waals surface area contributed by atoms with Crippen LogP contribution in [0.2, 0.25) is 0 Å². The Morgan fingerprint density at radius 3 is 2.23 bits per heavy atom. The molecule has 6 N–H and O–H groups in total. The van der Waals surface area contributed by atoms with Crippen LogP contribution in [0.1, 0.15) is 79.8 Å². The van der Waals surface area contributed by atoms with Crippen LogP contribution in [0, 0.1) is 66.7 Å². The number of ketones is 1. The second-order valence-corrected chi connectivity index (χ2v) is 15.6. The maximum Gasteiger partial charge on any atom is 0.408 e. The Morgan fingerprint density at radius 1 is 1.08 bits per heavy atom. The molecule has 13 heteroatoms. The van der Waals surface area contributed by atoms with Crippen molar-refractivity contribution in [1.82, 2.24) is 5.32 Å². The maximum atomic E-state index is 14.3. The second kappa shape index (κ2) is 13.3. The van der Waals surface area contributed by atoms with E-state index in [9.17, 15) is 39.9 Å². The molecule has 1 aromatic carbocycles. The van der Waals surface area contributed by atoms with Crippen LogP contribution >= 0.6 is 0 Å². The third kappa shape index (κ3) is 6.12. The summed E-state index contributed by atoms with van der Waals surface area (Å²) in [5.41, 5.74) is -6.20. The normalized spacial score (nSPS) is 38.4. The van der Waals surface area contributed by atoms with Gasteiger partial charge in [0.05, 0.1) is 35.9 Å². The molecule has 2 bridgehead atoms. The SMILES string of the molecule is CC1=C2C(O)C(=O)[C@]3(C)C(O)CC4OCC4(O)C3[C@H](C)C(O)(CC1OC(=O)C(O)C(NC(=O)OC(C)(C)C)c1ccccc1)C2(C)C.[Ac]. The van der Waals surface area contributed by atoms with E-state index in [-0.39, 0.29) is 69.1 Å². The first-order valence-electron chi connectivity index (χ1n) is 16.2. The monoisotopic (exact) mass is 886 g/mol. The number of alkyl carbamates (subject to hydrolysis) is 1. The van der Waals surface area contributed by atoms with E-state index in [2.05, 4.69) is 5.32 Å². The van der Waals surface area contributed by atoms with Crippen LogP contribution < -0.4 is 5.32 Å². The van der Waals surface area contributed by atoms with E-state index in [1.165, 1.54) is 6.92 Å². The van der Waals surface area contributed by atoms with Crippen molar-refractivity contribution in [2.24, 2.45) is 22.7 Å². The topological polar surface area (TPSA) is 192 Å². The maximum absolute atomic E-state index is 14.3. The average molecular weight is 887 g/mol. The van der Waals surface area contributed by atoms with Gasteiger partial charge in [0.1, 0.15) is 23.4 Å². The van der Waals surface area contributed by atoms with Gasteiger partial charge in [-0.15, -0.1) is 0 Å². The number of carbonyl (C=O) groups excluding carboxylic acids is 3. The van der Waals surface area contributed by atoms with Gasteiger partial charge in [0, 0.05) is 68.2 Å². The molecule has 4 aliphatic rings. The van der Waals surface area contributed by atoms with Crippen molar-refractivity contribution in [1.29, 1.82) is 0 Å². The predicted molar refractivity (Wildman–Crippen MR) is 168 cm³/mol. The smallest absolute Gasteiger partial charge is 0.408 e. The molecular formula is C35H49AcNO11. The number of aliphatic hydroxyl groups is 5. The van der Waals surface area contributed by atoms with Crippen molar-refractivity contribution < 1.29 is 98.2 Å². The molecule has 12 nitrogen and oxygen atoms in total. The van der Waals surface area contributed by atoms with Crippen LogP contribution in [-0.2, 0) is 23.8 Å². The first-order valence-corrected chi connectivity index (χ1v) is 16.2. The molecule has 11 atom stereocenters. The number of Topliss-reactive ketones (excluding diaryl/α,β-unsaturated/α-hetero) is 1. The summed E-state index contributed by atoms with van der Waals surface area (Å²) in [5.74, 6) is -3.71. The summed E-state index contributed by atoms with van der Waals surface area (Å²) in [5, 5.41) is 61.6. The van der Waals surface area contributed by atoms with E-state index in [0.29, 0.717) is 11.1 Å². The van der Waals surface area contributed by atoms with Crippen LogP contribution in [0.4, 0.5) is 4.79 Å². The van der Waals surface area contributed by atoms with Gasteiger partial charge in [-0.3, -0.25) is 4.79 Å². The molecule has 0 aromatic heterocycles. The first-order chi connectivity index (χ1) is 21.6. The van der Waals surface area contributed by atoms with E-state index >= 15 is 0 Å². The summed E-state index contributed by atoms with van der Waals surface area (Å²) in [6, 6.07) is 7.08. The van der Waals surface area contributed by atoms with Crippen LogP contribution in [0.25, 0.3) is 0 Å². The van der Waals surface area contributed by atoms with Gasteiger partial charge in [0.25, 0.3) is 0 Å². The zero-order valence-corrected chi connectivity index (χ0v) is 33.6. The summed E-state index contributed by atoms with van der Waals surface area (Å²) >= 11 is 0. The van der Waals surface area contributed by atoms with Crippen molar-refractivity contribution in [3.05, 3.63) is 47.0 Å². The number of rotatable bonds is 5. The Labute approximate surface area is 317 Å². The fraction of sp³-hybridized carbons (Fsp3) is 0.686. The Morgan fingerprint density at radius 2 is 1.69 bits per heavy atom. The summed E-state index contributed by atoms with van der Waals surface area (Å²) in [4.78, 5) is 40.7. The molecule has 1 radical (unpaired) electrons. The molecule has 3 fully saturated rings. The molecule has 0 spiro atoms. The molecule has 1 aromatic rings. The average Bonchev–Trinajstić information content (AvgIpc) is 2.98.